The summed E-state index contributed by atoms with van der Waals surface area (Å²) < 4.78 is 17.9. The lowest BCUT2D eigenvalue weighted by atomic mass is 10.0. The maximum Gasteiger partial charge on any atom is 0.341 e. The van der Waals surface area contributed by atoms with Crippen LogP contribution in [-0.2, 0) is 34.3 Å². The second-order valence-electron chi connectivity index (χ2n) is 7.16. The molecule has 0 spiro atoms. The molecule has 0 amide bonds. The number of esters is 1. The van der Waals surface area contributed by atoms with Crippen molar-refractivity contribution in [2.45, 2.75) is 26.9 Å². The summed E-state index contributed by atoms with van der Waals surface area (Å²) in [6.45, 7) is 4.41. The summed E-state index contributed by atoms with van der Waals surface area (Å²) in [6.07, 6.45) is 2.39. The third-order valence-electron chi connectivity index (χ3n) is 5.17. The lowest BCUT2D eigenvalue weighted by Crippen LogP contribution is -2.09. The molecule has 1 heterocycles. The highest BCUT2D eigenvalue weighted by atomic mass is 16.5. The number of nitrogens with zero attached hydrogens (tertiary/aromatic N) is 2. The highest BCUT2D eigenvalue weighted by Gasteiger charge is 2.19. The van der Waals surface area contributed by atoms with Gasteiger partial charge in [0, 0.05) is 18.2 Å². The van der Waals surface area contributed by atoms with Crippen LogP contribution in [0.25, 0.3) is 16.8 Å². The SMILES string of the molecule is CCc1ccc(-c2nn(C)c(OCc3ccccc3/C(=C/OC)C(=O)OC)c2C)cc1. The average Bonchev–Trinajstić information content (AvgIpc) is 3.09. The second-order valence-corrected chi connectivity index (χ2v) is 7.16. The fourth-order valence-electron chi connectivity index (χ4n) is 3.49. The number of ether oxygens (including phenoxy) is 3. The molecule has 6 heteroatoms. The van der Waals surface area contributed by atoms with Gasteiger partial charge in [0.05, 0.1) is 26.2 Å². The standard InChI is InChI=1S/C25H28N2O4/c1-6-18-11-13-19(14-12-18)23-17(2)24(27(3)26-23)31-15-20-9-7-8-10-21(20)22(16-29-4)25(28)30-5/h7-14,16H,6,15H2,1-5H3/b22-16-. The molecule has 0 radical (unpaired) electrons. The Morgan fingerprint density at radius 1 is 1.10 bits per heavy atom. The van der Waals surface area contributed by atoms with E-state index >= 15 is 0 Å². The zero-order valence-corrected chi connectivity index (χ0v) is 18.6. The Morgan fingerprint density at radius 2 is 1.81 bits per heavy atom. The maximum absolute atomic E-state index is 12.2. The van der Waals surface area contributed by atoms with Crippen molar-refractivity contribution in [1.29, 1.82) is 0 Å². The molecule has 0 N–H and O–H groups in total. The second kappa shape index (κ2) is 9.98. The van der Waals surface area contributed by atoms with Crippen molar-refractivity contribution in [2.24, 2.45) is 7.05 Å². The molecular weight excluding hydrogens is 392 g/mol. The number of carbonyl (C=O) groups excluding carboxylic acids is 1. The van der Waals surface area contributed by atoms with Gasteiger partial charge in [0.1, 0.15) is 12.2 Å². The quantitative estimate of drug-likeness (QED) is 0.300. The van der Waals surface area contributed by atoms with E-state index < -0.39 is 5.97 Å². The smallest absolute Gasteiger partial charge is 0.341 e. The highest BCUT2D eigenvalue weighted by molar-refractivity contribution is 6.16. The Kier molecular flexibility index (Phi) is 7.13. The number of rotatable bonds is 8. The number of aryl methyl sites for hydroxylation is 2. The summed E-state index contributed by atoms with van der Waals surface area (Å²) in [6, 6.07) is 15.9. The summed E-state index contributed by atoms with van der Waals surface area (Å²) in [5.74, 6) is 0.212. The summed E-state index contributed by atoms with van der Waals surface area (Å²) in [7, 11) is 4.71. The predicted molar refractivity (Wildman–Crippen MR) is 121 cm³/mol. The van der Waals surface area contributed by atoms with Crippen LogP contribution in [0.15, 0.2) is 54.8 Å². The number of methoxy groups -OCH3 is 2. The van der Waals surface area contributed by atoms with Gasteiger partial charge in [-0.3, -0.25) is 0 Å². The van der Waals surface area contributed by atoms with Crippen LogP contribution in [0.3, 0.4) is 0 Å². The fourth-order valence-corrected chi connectivity index (χ4v) is 3.49. The van der Waals surface area contributed by atoms with E-state index in [2.05, 4.69) is 36.3 Å². The Labute approximate surface area is 183 Å². The first-order valence-corrected chi connectivity index (χ1v) is 10.1. The minimum Gasteiger partial charge on any atom is -0.503 e. The van der Waals surface area contributed by atoms with E-state index in [0.717, 1.165) is 28.8 Å². The molecule has 162 valence electrons. The molecule has 0 saturated heterocycles. The van der Waals surface area contributed by atoms with E-state index in [1.54, 1.807) is 4.68 Å². The van der Waals surface area contributed by atoms with Crippen LogP contribution in [0.2, 0.25) is 0 Å². The predicted octanol–water partition coefficient (Wildman–Crippen LogP) is 4.70. The first-order valence-electron chi connectivity index (χ1n) is 10.1. The largest absolute Gasteiger partial charge is 0.503 e. The van der Waals surface area contributed by atoms with Gasteiger partial charge in [0.2, 0.25) is 5.88 Å². The summed E-state index contributed by atoms with van der Waals surface area (Å²) in [5.41, 5.74) is 6.07. The number of carbonyl (C=O) groups is 1. The first kappa shape index (κ1) is 22.2. The van der Waals surface area contributed by atoms with E-state index in [9.17, 15) is 4.79 Å². The van der Waals surface area contributed by atoms with Crippen molar-refractivity contribution in [1.82, 2.24) is 9.78 Å². The van der Waals surface area contributed by atoms with Crippen LogP contribution in [-0.4, -0.2) is 30.0 Å². The maximum atomic E-state index is 12.2. The number of hydrogen-bond acceptors (Lipinski definition) is 5. The highest BCUT2D eigenvalue weighted by Crippen LogP contribution is 2.30. The molecule has 1 aromatic heterocycles. The Hall–Kier alpha value is -3.54. The van der Waals surface area contributed by atoms with Gasteiger partial charge in [-0.15, -0.1) is 0 Å². The zero-order chi connectivity index (χ0) is 22.4. The van der Waals surface area contributed by atoms with Gasteiger partial charge < -0.3 is 14.2 Å². The van der Waals surface area contributed by atoms with Gasteiger partial charge in [-0.25, -0.2) is 9.48 Å². The van der Waals surface area contributed by atoms with Gasteiger partial charge in [0.25, 0.3) is 0 Å². The monoisotopic (exact) mass is 420 g/mol. The minimum atomic E-state index is -0.469. The molecule has 0 aliphatic rings. The molecule has 6 nitrogen and oxygen atoms in total. The van der Waals surface area contributed by atoms with Gasteiger partial charge in [-0.2, -0.15) is 5.10 Å². The summed E-state index contributed by atoms with van der Waals surface area (Å²) in [5, 5.41) is 4.66. The third-order valence-corrected chi connectivity index (χ3v) is 5.17. The molecule has 0 unspecified atom stereocenters. The van der Waals surface area contributed by atoms with Crippen LogP contribution < -0.4 is 4.74 Å². The number of aromatic nitrogens is 2. The minimum absolute atomic E-state index is 0.267. The number of benzene rings is 2. The molecule has 0 bridgehead atoms. The van der Waals surface area contributed by atoms with Crippen LogP contribution >= 0.6 is 0 Å². The van der Waals surface area contributed by atoms with Crippen LogP contribution in [0.4, 0.5) is 0 Å². The van der Waals surface area contributed by atoms with E-state index in [-0.39, 0.29) is 6.61 Å². The Balaban J connectivity index is 1.88. The number of hydrogen-bond donors (Lipinski definition) is 0. The molecule has 3 aromatic rings. The molecule has 31 heavy (non-hydrogen) atoms. The van der Waals surface area contributed by atoms with Crippen molar-refractivity contribution in [3.05, 3.63) is 77.0 Å². The molecule has 0 atom stereocenters. The van der Waals surface area contributed by atoms with Crippen LogP contribution in [0.1, 0.15) is 29.2 Å². The molecule has 2 aromatic carbocycles. The van der Waals surface area contributed by atoms with Gasteiger partial charge in [-0.1, -0.05) is 55.5 Å². The van der Waals surface area contributed by atoms with E-state index in [0.29, 0.717) is 17.0 Å². The topological polar surface area (TPSA) is 62.6 Å². The molecular formula is C25H28N2O4. The van der Waals surface area contributed by atoms with Crippen molar-refractivity contribution in [3.8, 4) is 17.1 Å². The Morgan fingerprint density at radius 3 is 2.45 bits per heavy atom. The van der Waals surface area contributed by atoms with Gasteiger partial charge in [0.15, 0.2) is 0 Å². The zero-order valence-electron chi connectivity index (χ0n) is 18.6. The lowest BCUT2D eigenvalue weighted by Gasteiger charge is -2.13. The molecule has 0 saturated carbocycles. The average molecular weight is 421 g/mol. The van der Waals surface area contributed by atoms with Crippen molar-refractivity contribution in [3.63, 3.8) is 0 Å². The summed E-state index contributed by atoms with van der Waals surface area (Å²) >= 11 is 0. The van der Waals surface area contributed by atoms with E-state index in [1.165, 1.54) is 26.0 Å². The first-order chi connectivity index (χ1) is 15.0. The van der Waals surface area contributed by atoms with Crippen LogP contribution in [0, 0.1) is 6.92 Å². The fraction of sp³-hybridized carbons (Fsp3) is 0.280. The molecule has 0 aliphatic heterocycles. The molecule has 0 aliphatic carbocycles. The lowest BCUT2D eigenvalue weighted by molar-refractivity contribution is -0.133. The molecule has 0 fully saturated rings. The van der Waals surface area contributed by atoms with Crippen molar-refractivity contribution < 1.29 is 19.0 Å². The van der Waals surface area contributed by atoms with Crippen molar-refractivity contribution >= 4 is 11.5 Å². The van der Waals surface area contributed by atoms with Gasteiger partial charge >= 0.3 is 5.97 Å². The van der Waals surface area contributed by atoms with Crippen molar-refractivity contribution in [2.75, 3.05) is 14.2 Å². The summed E-state index contributed by atoms with van der Waals surface area (Å²) in [4.78, 5) is 12.2. The van der Waals surface area contributed by atoms with E-state index in [4.69, 9.17) is 14.2 Å². The van der Waals surface area contributed by atoms with Crippen LogP contribution in [0.5, 0.6) is 5.88 Å². The van der Waals surface area contributed by atoms with Gasteiger partial charge in [-0.05, 0) is 30.0 Å². The molecule has 3 rings (SSSR count). The normalized spacial score (nSPS) is 11.3. The van der Waals surface area contributed by atoms with E-state index in [1.807, 2.05) is 38.2 Å². The Bertz CT molecular complexity index is 1080. The third kappa shape index (κ3) is 4.79.